The normalized spacial score (nSPS) is 23.5. The zero-order valence-electron chi connectivity index (χ0n) is 22.5. The van der Waals surface area contributed by atoms with E-state index in [-0.39, 0.29) is 30.2 Å². The number of imide groups is 1. The summed E-state index contributed by atoms with van der Waals surface area (Å²) in [6.07, 6.45) is 0. The highest BCUT2D eigenvalue weighted by Crippen LogP contribution is 2.66. The van der Waals surface area contributed by atoms with Gasteiger partial charge in [-0.1, -0.05) is 113 Å². The SMILES string of the molecule is O=C1[C@@H]2C3c4ccccc4C(Br)(c4ccccc43)[C@@H]2C(=O)N1CC(=O)N(c1ccccc1)c1ccc2ccccc2c1. The van der Waals surface area contributed by atoms with Crippen LogP contribution in [0.3, 0.4) is 0 Å². The van der Waals surface area contributed by atoms with Crippen LogP contribution in [0.15, 0.2) is 121 Å². The van der Waals surface area contributed by atoms with Gasteiger partial charge < -0.3 is 0 Å². The van der Waals surface area contributed by atoms with Gasteiger partial charge in [-0.3, -0.25) is 24.2 Å². The fourth-order valence-corrected chi connectivity index (χ4v) is 8.63. The van der Waals surface area contributed by atoms with Crippen molar-refractivity contribution in [3.8, 4) is 0 Å². The third kappa shape index (κ3) is 3.39. The van der Waals surface area contributed by atoms with Crippen molar-refractivity contribution in [3.63, 3.8) is 0 Å². The number of amides is 3. The number of para-hydroxylation sites is 1. The molecule has 0 N–H and O–H groups in total. The molecule has 4 aliphatic rings. The van der Waals surface area contributed by atoms with Crippen LogP contribution in [-0.2, 0) is 18.7 Å². The summed E-state index contributed by atoms with van der Waals surface area (Å²) in [5.41, 5.74) is 5.51. The van der Waals surface area contributed by atoms with E-state index in [4.69, 9.17) is 0 Å². The molecule has 0 aromatic heterocycles. The highest BCUT2D eigenvalue weighted by molar-refractivity contribution is 9.09. The van der Waals surface area contributed by atoms with Gasteiger partial charge in [-0.15, -0.1) is 0 Å². The molecule has 1 saturated heterocycles. The van der Waals surface area contributed by atoms with E-state index in [9.17, 15) is 14.4 Å². The predicted octanol–water partition coefficient (Wildman–Crippen LogP) is 6.90. The van der Waals surface area contributed by atoms with Crippen molar-refractivity contribution in [1.82, 2.24) is 4.90 Å². The molecule has 5 nitrogen and oxygen atoms in total. The average molecular weight is 614 g/mol. The summed E-state index contributed by atoms with van der Waals surface area (Å²) in [6, 6.07) is 39.3. The van der Waals surface area contributed by atoms with E-state index in [2.05, 4.69) is 28.1 Å². The molecule has 1 fully saturated rings. The van der Waals surface area contributed by atoms with Gasteiger partial charge >= 0.3 is 0 Å². The minimum Gasteiger partial charge on any atom is -0.280 e. The topological polar surface area (TPSA) is 57.7 Å². The number of alkyl halides is 1. The molecule has 3 aliphatic carbocycles. The van der Waals surface area contributed by atoms with Crippen LogP contribution in [0, 0.1) is 11.8 Å². The molecule has 6 heteroatoms. The summed E-state index contributed by atoms with van der Waals surface area (Å²) in [7, 11) is 0. The molecular formula is C36H25BrN2O3. The summed E-state index contributed by atoms with van der Waals surface area (Å²) >= 11 is 4.03. The van der Waals surface area contributed by atoms with Crippen molar-refractivity contribution in [2.45, 2.75) is 10.2 Å². The lowest BCUT2D eigenvalue weighted by Gasteiger charge is -2.51. The number of hydrogen-bond acceptors (Lipinski definition) is 3. The fourth-order valence-electron chi connectivity index (χ4n) is 7.43. The van der Waals surface area contributed by atoms with Gasteiger partial charge in [0, 0.05) is 17.3 Å². The second-order valence-corrected chi connectivity index (χ2v) is 12.5. The van der Waals surface area contributed by atoms with Crippen LogP contribution >= 0.6 is 15.9 Å². The summed E-state index contributed by atoms with van der Waals surface area (Å²) < 4.78 is -0.846. The first-order chi connectivity index (χ1) is 20.5. The number of anilines is 2. The van der Waals surface area contributed by atoms with E-state index >= 15 is 0 Å². The third-order valence-corrected chi connectivity index (χ3v) is 10.5. The van der Waals surface area contributed by atoms with E-state index in [0.717, 1.165) is 33.0 Å². The highest BCUT2D eigenvalue weighted by Gasteiger charge is 2.67. The third-order valence-electron chi connectivity index (χ3n) is 9.15. The molecule has 0 radical (unpaired) electrons. The average Bonchev–Trinajstić information content (AvgIpc) is 3.28. The molecule has 0 unspecified atom stereocenters. The number of fused-ring (bicyclic) bond motifs is 1. The first kappa shape index (κ1) is 25.2. The van der Waals surface area contributed by atoms with E-state index in [1.54, 1.807) is 4.90 Å². The number of carbonyl (C=O) groups excluding carboxylic acids is 3. The molecule has 5 aromatic rings. The Kier molecular flexibility index (Phi) is 5.53. The Hall–Kier alpha value is -4.55. The van der Waals surface area contributed by atoms with Crippen molar-refractivity contribution >= 4 is 55.8 Å². The second kappa shape index (κ2) is 9.23. The van der Waals surface area contributed by atoms with Crippen LogP contribution in [0.4, 0.5) is 11.4 Å². The first-order valence-corrected chi connectivity index (χ1v) is 14.9. The van der Waals surface area contributed by atoms with Crippen molar-refractivity contribution in [3.05, 3.63) is 144 Å². The molecule has 2 bridgehead atoms. The number of rotatable bonds is 4. The molecule has 204 valence electrons. The number of hydrogen-bond donors (Lipinski definition) is 0. The van der Waals surface area contributed by atoms with Gasteiger partial charge in [0.05, 0.1) is 16.2 Å². The number of likely N-dealkylation sites (tertiary alicyclic amines) is 1. The second-order valence-electron chi connectivity index (χ2n) is 11.2. The standard InChI is InChI=1S/C36H25BrN2O3/c37-36-28-16-8-6-14-26(28)31(27-15-7-9-17-29(27)36)32-33(36)35(42)38(34(32)41)21-30(40)39(24-12-2-1-3-13-24)25-19-18-22-10-4-5-11-23(22)20-25/h1-20,31-33H,21H2/t31?,32-,33+,36?/m1/s1. The summed E-state index contributed by atoms with van der Waals surface area (Å²) in [5.74, 6) is -2.41. The molecular weight excluding hydrogens is 588 g/mol. The van der Waals surface area contributed by atoms with Crippen LogP contribution in [-0.4, -0.2) is 29.2 Å². The van der Waals surface area contributed by atoms with Gasteiger partial charge in [-0.2, -0.15) is 0 Å². The van der Waals surface area contributed by atoms with Crippen molar-refractivity contribution < 1.29 is 14.4 Å². The Morgan fingerprint density at radius 3 is 1.98 bits per heavy atom. The molecule has 0 saturated carbocycles. The van der Waals surface area contributed by atoms with E-state index < -0.39 is 16.2 Å². The Labute approximate surface area is 251 Å². The van der Waals surface area contributed by atoms with E-state index in [1.807, 2.05) is 109 Å². The van der Waals surface area contributed by atoms with Crippen LogP contribution in [0.1, 0.15) is 28.2 Å². The maximum Gasteiger partial charge on any atom is 0.251 e. The lowest BCUT2D eigenvalue weighted by molar-refractivity contribution is -0.143. The molecule has 42 heavy (non-hydrogen) atoms. The number of halogens is 1. The van der Waals surface area contributed by atoms with Crippen molar-refractivity contribution in [2.24, 2.45) is 11.8 Å². The zero-order valence-corrected chi connectivity index (χ0v) is 24.1. The van der Waals surface area contributed by atoms with E-state index in [1.165, 1.54) is 4.90 Å². The van der Waals surface area contributed by atoms with Gasteiger partial charge in [0.15, 0.2) is 0 Å². The molecule has 2 atom stereocenters. The van der Waals surface area contributed by atoms with Gasteiger partial charge in [-0.05, 0) is 57.3 Å². The summed E-state index contributed by atoms with van der Waals surface area (Å²) in [5, 5.41) is 2.06. The predicted molar refractivity (Wildman–Crippen MR) is 166 cm³/mol. The maximum atomic E-state index is 14.3. The monoisotopic (exact) mass is 612 g/mol. The van der Waals surface area contributed by atoms with E-state index in [0.29, 0.717) is 11.4 Å². The molecule has 1 heterocycles. The Bertz CT molecular complexity index is 1890. The number of nitrogens with zero attached hydrogens (tertiary/aromatic N) is 2. The van der Waals surface area contributed by atoms with Gasteiger partial charge in [0.1, 0.15) is 6.54 Å². The minimum absolute atomic E-state index is 0.246. The van der Waals surface area contributed by atoms with Crippen LogP contribution < -0.4 is 4.90 Å². The largest absolute Gasteiger partial charge is 0.280 e. The Morgan fingerprint density at radius 2 is 1.29 bits per heavy atom. The Balaban J connectivity index is 1.20. The molecule has 1 aliphatic heterocycles. The molecule has 9 rings (SSSR count). The number of benzene rings is 5. The van der Waals surface area contributed by atoms with Crippen LogP contribution in [0.2, 0.25) is 0 Å². The number of carbonyl (C=O) groups is 3. The summed E-state index contributed by atoms with van der Waals surface area (Å²) in [6.45, 7) is -0.338. The van der Waals surface area contributed by atoms with Crippen LogP contribution in [0.5, 0.6) is 0 Å². The van der Waals surface area contributed by atoms with Crippen LogP contribution in [0.25, 0.3) is 10.8 Å². The van der Waals surface area contributed by atoms with Gasteiger partial charge in [-0.25, -0.2) is 0 Å². The molecule has 0 spiro atoms. The zero-order chi connectivity index (χ0) is 28.6. The van der Waals surface area contributed by atoms with Crippen molar-refractivity contribution in [1.29, 1.82) is 0 Å². The van der Waals surface area contributed by atoms with Gasteiger partial charge in [0.2, 0.25) is 11.8 Å². The fraction of sp³-hybridized carbons (Fsp3) is 0.139. The lowest BCUT2D eigenvalue weighted by atomic mass is 9.55. The highest BCUT2D eigenvalue weighted by atomic mass is 79.9. The first-order valence-electron chi connectivity index (χ1n) is 14.1. The molecule has 3 amide bonds. The smallest absolute Gasteiger partial charge is 0.251 e. The Morgan fingerprint density at radius 1 is 0.690 bits per heavy atom. The summed E-state index contributed by atoms with van der Waals surface area (Å²) in [4.78, 5) is 45.5. The molecule has 5 aromatic carbocycles. The maximum absolute atomic E-state index is 14.3. The quantitative estimate of drug-likeness (QED) is 0.164. The lowest BCUT2D eigenvalue weighted by Crippen LogP contribution is -2.50. The minimum atomic E-state index is -0.846. The van der Waals surface area contributed by atoms with Gasteiger partial charge in [0.25, 0.3) is 5.91 Å². The van der Waals surface area contributed by atoms with Crippen molar-refractivity contribution in [2.75, 3.05) is 11.4 Å².